The smallest absolute Gasteiger partial charge is 0.322 e. The lowest BCUT2D eigenvalue weighted by Crippen LogP contribution is -2.63. The lowest BCUT2D eigenvalue weighted by Gasteiger charge is -2.34. The molecule has 1 fully saturated rings. The number of amides is 6. The van der Waals surface area contributed by atoms with Crippen LogP contribution in [0.4, 0.5) is 0 Å². The summed E-state index contributed by atoms with van der Waals surface area (Å²) in [6, 6.07) is -8.87. The summed E-state index contributed by atoms with van der Waals surface area (Å²) >= 11 is 0. The number of aliphatic hydroxyl groups excluding tert-OH is 1. The SMILES string of the molecule is CCCC(N[C@H](O)C(CS(C)(=O)=O)NC(=O)C(NC(=O)C(NC(=O)C(CCC(=O)O)NC(=O)C(CCC(=O)O)NC(C)=O)C(C)C)C1CCCCC1)C(=O)C(=O)NCC(=O)O. The number of aliphatic hydroxyl groups is 1. The van der Waals surface area contributed by atoms with Gasteiger partial charge in [-0.2, -0.15) is 0 Å². The molecule has 1 aliphatic rings. The van der Waals surface area contributed by atoms with Crippen LogP contribution in [0.15, 0.2) is 0 Å². The first kappa shape index (κ1) is 53.8. The van der Waals surface area contributed by atoms with Crippen molar-refractivity contribution in [3.63, 3.8) is 0 Å². The van der Waals surface area contributed by atoms with Crippen LogP contribution >= 0.6 is 0 Å². The summed E-state index contributed by atoms with van der Waals surface area (Å²) < 4.78 is 25.0. The number of carbonyl (C=O) groups is 10. The summed E-state index contributed by atoms with van der Waals surface area (Å²) in [7, 11) is -3.97. The predicted molar refractivity (Wildman–Crippen MR) is 214 cm³/mol. The molecule has 24 heteroatoms. The molecule has 7 atom stereocenters. The summed E-state index contributed by atoms with van der Waals surface area (Å²) in [5.74, 6) is -13.1. The first-order valence-corrected chi connectivity index (χ1v) is 22.0. The van der Waals surface area contributed by atoms with E-state index in [1.165, 1.54) is 0 Å². The lowest BCUT2D eigenvalue weighted by molar-refractivity contribution is -0.142. The van der Waals surface area contributed by atoms with Gasteiger partial charge < -0.3 is 52.3 Å². The first-order valence-electron chi connectivity index (χ1n) is 19.9. The second-order valence-electron chi connectivity index (χ2n) is 15.4. The van der Waals surface area contributed by atoms with E-state index in [9.17, 15) is 66.6 Å². The largest absolute Gasteiger partial charge is 0.481 e. The van der Waals surface area contributed by atoms with Crippen LogP contribution < -0.4 is 37.2 Å². The third kappa shape index (κ3) is 20.7. The molecule has 1 rings (SSSR count). The Balaban J connectivity index is 3.45. The molecule has 11 N–H and O–H groups in total. The van der Waals surface area contributed by atoms with Crippen LogP contribution in [0.25, 0.3) is 0 Å². The van der Waals surface area contributed by atoms with Crippen molar-refractivity contribution in [2.45, 2.75) is 141 Å². The molecule has 0 aromatic heterocycles. The number of aliphatic carboxylic acids is 3. The number of sulfone groups is 1. The fraction of sp³-hybridized carbons (Fsp3) is 0.730. The maximum absolute atomic E-state index is 14.1. The molecule has 6 unspecified atom stereocenters. The zero-order valence-electron chi connectivity index (χ0n) is 35.0. The van der Waals surface area contributed by atoms with Crippen molar-refractivity contribution >= 4 is 69.0 Å². The maximum atomic E-state index is 14.1. The quantitative estimate of drug-likeness (QED) is 0.0281. The summed E-state index contributed by atoms with van der Waals surface area (Å²) in [5.41, 5.74) is 0. The number of Topliss-reactive ketones (excluding diaryl/α,β-unsaturated/α-hetero) is 1. The van der Waals surface area contributed by atoms with Crippen molar-refractivity contribution in [1.29, 1.82) is 0 Å². The number of nitrogens with one attached hydrogen (secondary N) is 7. The summed E-state index contributed by atoms with van der Waals surface area (Å²) in [5, 5.41) is 55.1. The molecule has 1 saturated carbocycles. The van der Waals surface area contributed by atoms with Crippen molar-refractivity contribution < 1.29 is 76.8 Å². The van der Waals surface area contributed by atoms with Crippen LogP contribution in [0.5, 0.6) is 0 Å². The van der Waals surface area contributed by atoms with Crippen LogP contribution in [-0.2, 0) is 57.8 Å². The molecule has 6 amide bonds. The van der Waals surface area contributed by atoms with Gasteiger partial charge in [0, 0.05) is 26.0 Å². The number of hydrogen-bond acceptors (Lipinski definition) is 14. The maximum Gasteiger partial charge on any atom is 0.322 e. The average molecular weight is 892 g/mol. The van der Waals surface area contributed by atoms with Crippen molar-refractivity contribution in [2.75, 3.05) is 18.6 Å². The molecule has 0 radical (unpaired) electrons. The Kier molecular flexibility index (Phi) is 23.1. The Hall–Kier alpha value is -5.23. The molecule has 61 heavy (non-hydrogen) atoms. The number of hydrogen-bond donors (Lipinski definition) is 11. The molecule has 0 spiro atoms. The minimum absolute atomic E-state index is 0.0551. The van der Waals surface area contributed by atoms with Crippen LogP contribution in [-0.4, -0.2) is 149 Å². The summed E-state index contributed by atoms with van der Waals surface area (Å²) in [6.45, 7) is 4.94. The minimum atomic E-state index is -3.97. The van der Waals surface area contributed by atoms with Crippen molar-refractivity contribution in [1.82, 2.24) is 37.2 Å². The molecular formula is C37H61N7O16S. The van der Waals surface area contributed by atoms with Gasteiger partial charge >= 0.3 is 17.9 Å². The van der Waals surface area contributed by atoms with E-state index < -0.39 is 155 Å². The number of rotatable bonds is 28. The van der Waals surface area contributed by atoms with E-state index in [-0.39, 0.29) is 19.3 Å². The van der Waals surface area contributed by atoms with E-state index in [0.717, 1.165) is 19.6 Å². The average Bonchev–Trinajstić information content (AvgIpc) is 3.16. The Morgan fingerprint density at radius 1 is 0.672 bits per heavy atom. The zero-order chi connectivity index (χ0) is 46.6. The summed E-state index contributed by atoms with van der Waals surface area (Å²) in [6.07, 6.45) is 0.0996. The fourth-order valence-electron chi connectivity index (χ4n) is 6.60. The molecule has 1 aliphatic carbocycles. The van der Waals surface area contributed by atoms with E-state index in [1.807, 2.05) is 5.32 Å². The molecule has 0 aromatic carbocycles. The number of carbonyl (C=O) groups excluding carboxylic acids is 7. The van der Waals surface area contributed by atoms with Gasteiger partial charge in [-0.25, -0.2) is 8.42 Å². The van der Waals surface area contributed by atoms with E-state index in [1.54, 1.807) is 20.8 Å². The third-order valence-corrected chi connectivity index (χ3v) is 10.6. The van der Waals surface area contributed by atoms with Crippen LogP contribution in [0, 0.1) is 11.8 Å². The van der Waals surface area contributed by atoms with E-state index in [0.29, 0.717) is 25.7 Å². The first-order chi connectivity index (χ1) is 28.4. The topological polar surface area (TPSA) is 370 Å². The van der Waals surface area contributed by atoms with Crippen LogP contribution in [0.3, 0.4) is 0 Å². The van der Waals surface area contributed by atoms with Gasteiger partial charge in [0.2, 0.25) is 35.3 Å². The zero-order valence-corrected chi connectivity index (χ0v) is 35.8. The highest BCUT2D eigenvalue weighted by atomic mass is 32.2. The Bertz CT molecular complexity index is 1700. The Morgan fingerprint density at radius 3 is 1.69 bits per heavy atom. The second kappa shape index (κ2) is 26.2. The van der Waals surface area contributed by atoms with Gasteiger partial charge in [0.05, 0.1) is 17.8 Å². The summed E-state index contributed by atoms with van der Waals surface area (Å²) in [4.78, 5) is 125. The third-order valence-electron chi connectivity index (χ3n) is 9.65. The van der Waals surface area contributed by atoms with Crippen LogP contribution in [0.1, 0.15) is 98.3 Å². The molecule has 0 heterocycles. The highest BCUT2D eigenvalue weighted by molar-refractivity contribution is 7.90. The normalized spacial score (nSPS) is 16.6. The van der Waals surface area contributed by atoms with Gasteiger partial charge in [0.25, 0.3) is 5.91 Å². The van der Waals surface area contributed by atoms with E-state index in [4.69, 9.17) is 10.2 Å². The van der Waals surface area contributed by atoms with Crippen molar-refractivity contribution in [3.05, 3.63) is 0 Å². The number of ketones is 1. The van der Waals surface area contributed by atoms with E-state index >= 15 is 0 Å². The predicted octanol–water partition coefficient (Wildman–Crippen LogP) is -2.71. The lowest BCUT2D eigenvalue weighted by atomic mass is 9.83. The second-order valence-corrected chi connectivity index (χ2v) is 17.6. The molecule has 23 nitrogen and oxygen atoms in total. The standard InChI is InChI=1S/C37H61N7O16S/c1-6-10-22(31(52)37(58)38-17-28(50)51)40-34(55)25(18-61(5,59)60)42-36(57)30(21-11-8-7-9-12-21)44-35(56)29(19(2)3)43-33(54)24(14-16-27(48)49)41-32(53)23(39-20(4)45)13-15-26(46)47/h19,21-25,29-30,34,40,55H,6-18H2,1-5H3,(H,38,58)(H,39,45)(H,41,53)(H,42,57)(H,43,54)(H,44,56)(H,46,47)(H,48,49)(H,50,51)/t22?,23?,24?,25?,29?,30?,34-/m1/s1. The highest BCUT2D eigenvalue weighted by Crippen LogP contribution is 2.27. The minimum Gasteiger partial charge on any atom is -0.481 e. The van der Waals surface area contributed by atoms with Gasteiger partial charge in [-0.05, 0) is 43.9 Å². The van der Waals surface area contributed by atoms with Gasteiger partial charge in [-0.1, -0.05) is 46.5 Å². The molecule has 0 bridgehead atoms. The number of carboxylic acids is 3. The Morgan fingerprint density at radius 2 is 1.21 bits per heavy atom. The molecule has 0 saturated heterocycles. The van der Waals surface area contributed by atoms with Gasteiger partial charge in [0.1, 0.15) is 46.8 Å². The van der Waals surface area contributed by atoms with E-state index in [2.05, 4.69) is 31.9 Å². The molecule has 0 aromatic rings. The highest BCUT2D eigenvalue weighted by Gasteiger charge is 2.39. The monoisotopic (exact) mass is 891 g/mol. The van der Waals surface area contributed by atoms with Gasteiger partial charge in [0.15, 0.2) is 0 Å². The molecule has 346 valence electrons. The van der Waals surface area contributed by atoms with Gasteiger partial charge in [-0.3, -0.25) is 53.3 Å². The number of carboxylic acid groups (broad SMARTS) is 3. The van der Waals surface area contributed by atoms with Crippen molar-refractivity contribution in [2.24, 2.45) is 11.8 Å². The van der Waals surface area contributed by atoms with Crippen LogP contribution in [0.2, 0.25) is 0 Å². The Labute approximate surface area is 353 Å². The molecule has 0 aliphatic heterocycles. The fourth-order valence-corrected chi connectivity index (χ4v) is 7.52. The molecular weight excluding hydrogens is 831 g/mol. The van der Waals surface area contributed by atoms with Crippen molar-refractivity contribution in [3.8, 4) is 0 Å². The van der Waals surface area contributed by atoms with Gasteiger partial charge in [-0.15, -0.1) is 0 Å².